The van der Waals surface area contributed by atoms with Crippen LogP contribution in [0.2, 0.25) is 0 Å². The second-order valence-corrected chi connectivity index (χ2v) is 3.53. The summed E-state index contributed by atoms with van der Waals surface area (Å²) in [6, 6.07) is 0. The summed E-state index contributed by atoms with van der Waals surface area (Å²) in [4.78, 5) is 0. The van der Waals surface area contributed by atoms with E-state index in [0.29, 0.717) is 6.54 Å². The molecule has 0 bridgehead atoms. The monoisotopic (exact) mass is 173 g/mol. The topological polar surface area (TPSA) is 46.2 Å². The molecular formula is C10H23NO. The molecule has 2 nitrogen and oxygen atoms in total. The number of hydrogen-bond acceptors (Lipinski definition) is 2. The lowest BCUT2D eigenvalue weighted by atomic mass is 9.80. The second kappa shape index (κ2) is 5.55. The predicted molar refractivity (Wildman–Crippen MR) is 53.0 cm³/mol. The maximum Gasteiger partial charge on any atom is 0.0682 e. The predicted octanol–water partition coefficient (Wildman–Crippen LogP) is 1.91. The molecule has 0 fully saturated rings. The van der Waals surface area contributed by atoms with Crippen LogP contribution >= 0.6 is 0 Å². The van der Waals surface area contributed by atoms with E-state index in [-0.39, 0.29) is 5.92 Å². The molecule has 0 saturated carbocycles. The van der Waals surface area contributed by atoms with Gasteiger partial charge in [0.25, 0.3) is 0 Å². The van der Waals surface area contributed by atoms with Crippen LogP contribution in [-0.2, 0) is 0 Å². The highest BCUT2D eigenvalue weighted by atomic mass is 16.3. The number of nitrogens with two attached hydrogens (primary N) is 1. The molecule has 0 rings (SSSR count). The lowest BCUT2D eigenvalue weighted by Gasteiger charge is -2.33. The standard InChI is InChI=1S/C10H23NO/c1-4-7-9(8-11)10(12,5-2)6-3/h9,12H,4-8,11H2,1-3H3. The van der Waals surface area contributed by atoms with Crippen LogP contribution in [0.3, 0.4) is 0 Å². The molecule has 12 heavy (non-hydrogen) atoms. The Balaban J connectivity index is 4.21. The Kier molecular flexibility index (Phi) is 5.51. The minimum atomic E-state index is -0.523. The Morgan fingerprint density at radius 2 is 1.75 bits per heavy atom. The first-order chi connectivity index (χ1) is 5.64. The Hall–Kier alpha value is -0.0800. The van der Waals surface area contributed by atoms with Gasteiger partial charge in [-0.05, 0) is 31.7 Å². The van der Waals surface area contributed by atoms with Crippen molar-refractivity contribution in [2.75, 3.05) is 6.54 Å². The van der Waals surface area contributed by atoms with Gasteiger partial charge in [-0.1, -0.05) is 27.2 Å². The van der Waals surface area contributed by atoms with Crippen LogP contribution in [0.25, 0.3) is 0 Å². The Bertz CT molecular complexity index is 110. The van der Waals surface area contributed by atoms with Gasteiger partial charge < -0.3 is 10.8 Å². The highest BCUT2D eigenvalue weighted by Gasteiger charge is 2.31. The average molecular weight is 173 g/mol. The van der Waals surface area contributed by atoms with Crippen molar-refractivity contribution in [2.45, 2.75) is 52.1 Å². The van der Waals surface area contributed by atoms with E-state index in [9.17, 15) is 5.11 Å². The zero-order valence-electron chi connectivity index (χ0n) is 8.64. The molecule has 0 amide bonds. The van der Waals surface area contributed by atoms with Gasteiger partial charge in [-0.3, -0.25) is 0 Å². The van der Waals surface area contributed by atoms with Gasteiger partial charge in [0, 0.05) is 0 Å². The molecule has 1 atom stereocenters. The largest absolute Gasteiger partial charge is 0.390 e. The van der Waals surface area contributed by atoms with Gasteiger partial charge in [0.2, 0.25) is 0 Å². The number of aliphatic hydroxyl groups is 1. The van der Waals surface area contributed by atoms with Crippen LogP contribution < -0.4 is 5.73 Å². The molecule has 3 N–H and O–H groups in total. The molecule has 0 heterocycles. The van der Waals surface area contributed by atoms with Crippen molar-refractivity contribution in [3.63, 3.8) is 0 Å². The molecule has 0 aromatic rings. The first-order valence-electron chi connectivity index (χ1n) is 5.07. The first kappa shape index (κ1) is 11.9. The van der Waals surface area contributed by atoms with E-state index in [1.165, 1.54) is 0 Å². The molecule has 0 spiro atoms. The molecule has 0 radical (unpaired) electrons. The first-order valence-corrected chi connectivity index (χ1v) is 5.07. The van der Waals surface area contributed by atoms with Crippen LogP contribution in [0.1, 0.15) is 46.5 Å². The average Bonchev–Trinajstić information content (AvgIpc) is 2.13. The lowest BCUT2D eigenvalue weighted by molar-refractivity contribution is -0.0258. The molecule has 1 unspecified atom stereocenters. The maximum atomic E-state index is 10.1. The normalized spacial score (nSPS) is 14.8. The Morgan fingerprint density at radius 1 is 1.25 bits per heavy atom. The minimum Gasteiger partial charge on any atom is -0.390 e. The molecule has 74 valence electrons. The summed E-state index contributed by atoms with van der Waals surface area (Å²) in [5, 5.41) is 10.1. The zero-order valence-corrected chi connectivity index (χ0v) is 8.64. The fourth-order valence-electron chi connectivity index (χ4n) is 1.78. The maximum absolute atomic E-state index is 10.1. The summed E-state index contributed by atoms with van der Waals surface area (Å²) in [6.07, 6.45) is 3.76. The molecule has 0 aliphatic rings. The van der Waals surface area contributed by atoms with E-state index >= 15 is 0 Å². The Morgan fingerprint density at radius 3 is 2.00 bits per heavy atom. The van der Waals surface area contributed by atoms with Gasteiger partial charge in [0.05, 0.1) is 5.60 Å². The van der Waals surface area contributed by atoms with Gasteiger partial charge in [-0.2, -0.15) is 0 Å². The van der Waals surface area contributed by atoms with Crippen molar-refractivity contribution >= 4 is 0 Å². The van der Waals surface area contributed by atoms with Crippen molar-refractivity contribution < 1.29 is 5.11 Å². The molecular weight excluding hydrogens is 150 g/mol. The van der Waals surface area contributed by atoms with Crippen molar-refractivity contribution in [1.29, 1.82) is 0 Å². The van der Waals surface area contributed by atoms with Gasteiger partial charge >= 0.3 is 0 Å². The van der Waals surface area contributed by atoms with E-state index in [0.717, 1.165) is 25.7 Å². The van der Waals surface area contributed by atoms with Gasteiger partial charge in [0.1, 0.15) is 0 Å². The molecule has 2 heteroatoms. The van der Waals surface area contributed by atoms with Crippen LogP contribution in [0.4, 0.5) is 0 Å². The smallest absolute Gasteiger partial charge is 0.0682 e. The van der Waals surface area contributed by atoms with Gasteiger partial charge in [-0.15, -0.1) is 0 Å². The molecule has 0 aliphatic heterocycles. The van der Waals surface area contributed by atoms with E-state index < -0.39 is 5.60 Å². The summed E-state index contributed by atoms with van der Waals surface area (Å²) < 4.78 is 0. The van der Waals surface area contributed by atoms with Gasteiger partial charge in [-0.25, -0.2) is 0 Å². The molecule has 0 aliphatic carbocycles. The molecule has 0 aromatic heterocycles. The van der Waals surface area contributed by atoms with E-state index in [4.69, 9.17) is 5.73 Å². The quantitative estimate of drug-likeness (QED) is 0.644. The lowest BCUT2D eigenvalue weighted by Crippen LogP contribution is -2.40. The fraction of sp³-hybridized carbons (Fsp3) is 1.00. The number of rotatable bonds is 6. The third-order valence-electron chi connectivity index (χ3n) is 2.91. The number of hydrogen-bond donors (Lipinski definition) is 2. The third-order valence-corrected chi connectivity index (χ3v) is 2.91. The van der Waals surface area contributed by atoms with Crippen LogP contribution in [0, 0.1) is 5.92 Å². The van der Waals surface area contributed by atoms with Crippen molar-refractivity contribution in [2.24, 2.45) is 11.7 Å². The zero-order chi connectivity index (χ0) is 9.61. The van der Waals surface area contributed by atoms with E-state index in [2.05, 4.69) is 6.92 Å². The summed E-state index contributed by atoms with van der Waals surface area (Å²) >= 11 is 0. The third kappa shape index (κ3) is 2.76. The van der Waals surface area contributed by atoms with Gasteiger partial charge in [0.15, 0.2) is 0 Å². The minimum absolute atomic E-state index is 0.275. The van der Waals surface area contributed by atoms with Crippen LogP contribution in [0.5, 0.6) is 0 Å². The SMILES string of the molecule is CCCC(CN)C(O)(CC)CC. The highest BCUT2D eigenvalue weighted by molar-refractivity contribution is 4.84. The van der Waals surface area contributed by atoms with E-state index in [1.807, 2.05) is 13.8 Å². The van der Waals surface area contributed by atoms with Crippen molar-refractivity contribution in [3.05, 3.63) is 0 Å². The van der Waals surface area contributed by atoms with Crippen molar-refractivity contribution in [3.8, 4) is 0 Å². The van der Waals surface area contributed by atoms with Crippen LogP contribution in [0.15, 0.2) is 0 Å². The molecule has 0 aromatic carbocycles. The summed E-state index contributed by atoms with van der Waals surface area (Å²) in [5.41, 5.74) is 5.11. The fourth-order valence-corrected chi connectivity index (χ4v) is 1.78. The van der Waals surface area contributed by atoms with Crippen molar-refractivity contribution in [1.82, 2.24) is 0 Å². The highest BCUT2D eigenvalue weighted by Crippen LogP contribution is 2.27. The summed E-state index contributed by atoms with van der Waals surface area (Å²) in [7, 11) is 0. The van der Waals surface area contributed by atoms with E-state index in [1.54, 1.807) is 0 Å². The summed E-state index contributed by atoms with van der Waals surface area (Å²) in [5.74, 6) is 0.275. The summed E-state index contributed by atoms with van der Waals surface area (Å²) in [6.45, 7) is 6.80. The Labute approximate surface area is 76.2 Å². The second-order valence-electron chi connectivity index (χ2n) is 3.53. The molecule has 0 saturated heterocycles. The van der Waals surface area contributed by atoms with Crippen LogP contribution in [-0.4, -0.2) is 17.3 Å².